The average molecular weight is 241 g/mol. The molecule has 0 aliphatic carbocycles. The molecule has 0 aromatic carbocycles. The molecule has 1 aliphatic rings. The van der Waals surface area contributed by atoms with Crippen LogP contribution in [-0.4, -0.2) is 42.0 Å². The number of likely N-dealkylation sites (N-methyl/N-ethyl adjacent to an activating group) is 1. The van der Waals surface area contributed by atoms with Gasteiger partial charge in [-0.25, -0.2) is 0 Å². The lowest BCUT2D eigenvalue weighted by Crippen LogP contribution is -2.56. The molecule has 3 N–H and O–H groups in total. The molecule has 0 radical (unpaired) electrons. The Bertz CT molecular complexity index is 269. The number of hydrogen-bond donors (Lipinski definition) is 2. The quantitative estimate of drug-likeness (QED) is 0.728. The molecule has 4 nitrogen and oxygen atoms in total. The number of nitrogens with one attached hydrogen (secondary N) is 1. The molecule has 17 heavy (non-hydrogen) atoms. The van der Waals surface area contributed by atoms with Crippen LogP contribution in [0.2, 0.25) is 0 Å². The molecule has 1 rings (SSSR count). The molecule has 3 unspecified atom stereocenters. The third-order valence-electron chi connectivity index (χ3n) is 3.89. The van der Waals surface area contributed by atoms with Gasteiger partial charge in [0.05, 0.1) is 5.54 Å². The number of hydrogen-bond acceptors (Lipinski definition) is 3. The van der Waals surface area contributed by atoms with Crippen molar-refractivity contribution in [3.05, 3.63) is 0 Å². The highest BCUT2D eigenvalue weighted by Crippen LogP contribution is 2.22. The average Bonchev–Trinajstić information content (AvgIpc) is 2.65. The standard InChI is InChI=1S/C13H27N3O/c1-5-15-13(4,12(14)17)8-11(3)16-7-6-10(2)9-16/h10-11,15H,5-9H2,1-4H3,(H2,14,17). The highest BCUT2D eigenvalue weighted by molar-refractivity contribution is 5.84. The number of carbonyl (C=O) groups is 1. The monoisotopic (exact) mass is 241 g/mol. The normalized spacial score (nSPS) is 26.7. The smallest absolute Gasteiger partial charge is 0.237 e. The van der Waals surface area contributed by atoms with Crippen molar-refractivity contribution in [2.75, 3.05) is 19.6 Å². The zero-order valence-electron chi connectivity index (χ0n) is 11.6. The Balaban J connectivity index is 2.58. The van der Waals surface area contributed by atoms with Gasteiger partial charge >= 0.3 is 0 Å². The third-order valence-corrected chi connectivity index (χ3v) is 3.89. The van der Waals surface area contributed by atoms with Gasteiger partial charge < -0.3 is 16.0 Å². The van der Waals surface area contributed by atoms with E-state index in [0.717, 1.165) is 32.0 Å². The molecule has 0 saturated carbocycles. The molecule has 0 aromatic heterocycles. The summed E-state index contributed by atoms with van der Waals surface area (Å²) in [5.41, 5.74) is 4.93. The molecular formula is C13H27N3O. The van der Waals surface area contributed by atoms with Crippen LogP contribution in [-0.2, 0) is 4.79 Å². The molecule has 1 heterocycles. The van der Waals surface area contributed by atoms with Gasteiger partial charge in [0.2, 0.25) is 5.91 Å². The van der Waals surface area contributed by atoms with Crippen LogP contribution in [0.5, 0.6) is 0 Å². The van der Waals surface area contributed by atoms with Gasteiger partial charge in [-0.3, -0.25) is 4.79 Å². The molecule has 0 spiro atoms. The SMILES string of the molecule is CCNC(C)(CC(C)N1CCC(C)C1)C(N)=O. The highest BCUT2D eigenvalue weighted by Gasteiger charge is 2.34. The largest absolute Gasteiger partial charge is 0.368 e. The van der Waals surface area contributed by atoms with Crippen LogP contribution in [0.15, 0.2) is 0 Å². The second-order valence-electron chi connectivity index (χ2n) is 5.67. The summed E-state index contributed by atoms with van der Waals surface area (Å²) in [6.07, 6.45) is 2.04. The minimum absolute atomic E-state index is 0.251. The van der Waals surface area contributed by atoms with E-state index >= 15 is 0 Å². The van der Waals surface area contributed by atoms with E-state index in [1.807, 2.05) is 13.8 Å². The van der Waals surface area contributed by atoms with Crippen LogP contribution in [0.4, 0.5) is 0 Å². The second kappa shape index (κ2) is 5.83. The first-order chi connectivity index (χ1) is 7.89. The van der Waals surface area contributed by atoms with Gasteiger partial charge in [-0.1, -0.05) is 13.8 Å². The minimum atomic E-state index is -0.583. The minimum Gasteiger partial charge on any atom is -0.368 e. The predicted octanol–water partition coefficient (Wildman–Crippen LogP) is 0.960. The number of amides is 1. The van der Waals surface area contributed by atoms with Crippen molar-refractivity contribution in [2.24, 2.45) is 11.7 Å². The maximum atomic E-state index is 11.6. The fourth-order valence-electron chi connectivity index (χ4n) is 2.74. The summed E-state index contributed by atoms with van der Waals surface area (Å²) in [6, 6.07) is 0.400. The van der Waals surface area contributed by atoms with Crippen molar-refractivity contribution < 1.29 is 4.79 Å². The van der Waals surface area contributed by atoms with Gasteiger partial charge in [0.1, 0.15) is 0 Å². The van der Waals surface area contributed by atoms with E-state index in [2.05, 4.69) is 24.1 Å². The fraction of sp³-hybridized carbons (Fsp3) is 0.923. The van der Waals surface area contributed by atoms with Crippen molar-refractivity contribution in [2.45, 2.75) is 52.1 Å². The second-order valence-corrected chi connectivity index (χ2v) is 5.67. The van der Waals surface area contributed by atoms with Crippen LogP contribution in [0, 0.1) is 5.92 Å². The Morgan fingerprint density at radius 2 is 2.29 bits per heavy atom. The van der Waals surface area contributed by atoms with E-state index in [4.69, 9.17) is 5.73 Å². The Labute approximate surface area is 105 Å². The maximum Gasteiger partial charge on any atom is 0.237 e. The molecule has 4 heteroatoms. The van der Waals surface area contributed by atoms with Gasteiger partial charge in [-0.2, -0.15) is 0 Å². The molecule has 0 aromatic rings. The summed E-state index contributed by atoms with van der Waals surface area (Å²) in [7, 11) is 0. The van der Waals surface area contributed by atoms with Crippen molar-refractivity contribution in [3.8, 4) is 0 Å². The van der Waals surface area contributed by atoms with E-state index in [0.29, 0.717) is 6.04 Å². The molecule has 0 bridgehead atoms. The van der Waals surface area contributed by atoms with Gasteiger partial charge in [-0.15, -0.1) is 0 Å². The van der Waals surface area contributed by atoms with E-state index in [1.54, 1.807) is 0 Å². The zero-order chi connectivity index (χ0) is 13.1. The lowest BCUT2D eigenvalue weighted by atomic mass is 9.92. The first kappa shape index (κ1) is 14.5. The maximum absolute atomic E-state index is 11.6. The van der Waals surface area contributed by atoms with Crippen LogP contribution in [0.1, 0.15) is 40.5 Å². The highest BCUT2D eigenvalue weighted by atomic mass is 16.1. The van der Waals surface area contributed by atoms with Crippen LogP contribution in [0.25, 0.3) is 0 Å². The van der Waals surface area contributed by atoms with Gasteiger partial charge in [-0.05, 0) is 45.7 Å². The molecule has 1 saturated heterocycles. The Morgan fingerprint density at radius 3 is 2.71 bits per heavy atom. The molecule has 1 aliphatic heterocycles. The predicted molar refractivity (Wildman–Crippen MR) is 70.7 cm³/mol. The van der Waals surface area contributed by atoms with E-state index < -0.39 is 5.54 Å². The first-order valence-corrected chi connectivity index (χ1v) is 6.68. The summed E-state index contributed by atoms with van der Waals surface area (Å²) < 4.78 is 0. The van der Waals surface area contributed by atoms with Gasteiger partial charge in [0, 0.05) is 12.6 Å². The Morgan fingerprint density at radius 1 is 1.65 bits per heavy atom. The Kier molecular flexibility index (Phi) is 4.95. The van der Waals surface area contributed by atoms with Crippen molar-refractivity contribution in [1.29, 1.82) is 0 Å². The lowest BCUT2D eigenvalue weighted by molar-refractivity contribution is -0.124. The van der Waals surface area contributed by atoms with Crippen LogP contribution in [0.3, 0.4) is 0 Å². The summed E-state index contributed by atoms with van der Waals surface area (Å²) >= 11 is 0. The fourth-order valence-corrected chi connectivity index (χ4v) is 2.74. The molecule has 3 atom stereocenters. The van der Waals surface area contributed by atoms with Crippen molar-refractivity contribution >= 4 is 5.91 Å². The molecular weight excluding hydrogens is 214 g/mol. The van der Waals surface area contributed by atoms with Crippen molar-refractivity contribution in [3.63, 3.8) is 0 Å². The molecule has 1 amide bonds. The molecule has 1 fully saturated rings. The van der Waals surface area contributed by atoms with E-state index in [-0.39, 0.29) is 5.91 Å². The number of likely N-dealkylation sites (tertiary alicyclic amines) is 1. The summed E-state index contributed by atoms with van der Waals surface area (Å²) in [4.78, 5) is 14.0. The van der Waals surface area contributed by atoms with Crippen LogP contribution >= 0.6 is 0 Å². The van der Waals surface area contributed by atoms with Crippen molar-refractivity contribution in [1.82, 2.24) is 10.2 Å². The number of rotatable bonds is 6. The topological polar surface area (TPSA) is 58.4 Å². The zero-order valence-corrected chi connectivity index (χ0v) is 11.6. The van der Waals surface area contributed by atoms with E-state index in [1.165, 1.54) is 6.42 Å². The summed E-state index contributed by atoms with van der Waals surface area (Å²) in [5, 5.41) is 3.22. The number of nitrogens with zero attached hydrogens (tertiary/aromatic N) is 1. The number of primary amides is 1. The summed E-state index contributed by atoms with van der Waals surface area (Å²) in [5.74, 6) is 0.523. The summed E-state index contributed by atoms with van der Waals surface area (Å²) in [6.45, 7) is 11.4. The van der Waals surface area contributed by atoms with Crippen LogP contribution < -0.4 is 11.1 Å². The number of carbonyl (C=O) groups excluding carboxylic acids is 1. The van der Waals surface area contributed by atoms with E-state index in [9.17, 15) is 4.79 Å². The molecule has 100 valence electrons. The Hall–Kier alpha value is -0.610. The van der Waals surface area contributed by atoms with Gasteiger partial charge in [0.15, 0.2) is 0 Å². The first-order valence-electron chi connectivity index (χ1n) is 6.68. The third kappa shape index (κ3) is 3.68. The lowest BCUT2D eigenvalue weighted by Gasteiger charge is -2.34. The number of nitrogens with two attached hydrogens (primary N) is 1. The van der Waals surface area contributed by atoms with Gasteiger partial charge in [0.25, 0.3) is 0 Å².